The molecule has 1 aromatic heterocycles. The van der Waals surface area contributed by atoms with Crippen molar-refractivity contribution in [2.24, 2.45) is 0 Å². The van der Waals surface area contributed by atoms with Crippen molar-refractivity contribution in [1.29, 1.82) is 0 Å². The summed E-state index contributed by atoms with van der Waals surface area (Å²) in [6, 6.07) is 13.2. The largest absolute Gasteiger partial charge is 0.497 e. The summed E-state index contributed by atoms with van der Waals surface area (Å²) in [5.41, 5.74) is 2.71. The lowest BCUT2D eigenvalue weighted by Gasteiger charge is -2.04. The van der Waals surface area contributed by atoms with Gasteiger partial charge in [0.05, 0.1) is 17.3 Å². The predicted octanol–water partition coefficient (Wildman–Crippen LogP) is 4.12. The van der Waals surface area contributed by atoms with E-state index in [1.54, 1.807) is 25.3 Å². The molecule has 22 heavy (non-hydrogen) atoms. The first-order valence-corrected chi connectivity index (χ1v) is 7.86. The molecule has 0 aliphatic heterocycles. The molecule has 0 saturated heterocycles. The molecule has 3 aromatic rings. The van der Waals surface area contributed by atoms with Crippen molar-refractivity contribution in [3.8, 4) is 5.75 Å². The van der Waals surface area contributed by atoms with Gasteiger partial charge in [0.15, 0.2) is 5.13 Å². The second-order valence-electron chi connectivity index (χ2n) is 4.82. The van der Waals surface area contributed by atoms with Crippen molar-refractivity contribution < 1.29 is 9.53 Å². The van der Waals surface area contributed by atoms with Crippen LogP contribution >= 0.6 is 11.3 Å². The van der Waals surface area contributed by atoms with Crippen LogP contribution in [0.25, 0.3) is 10.2 Å². The standard InChI is InChI=1S/C17H16N2O2S/c1-3-11-6-5-9-14-15(11)18-17(22-14)19-16(20)12-7-4-8-13(10-12)21-2/h4-10H,3H2,1-2H3,(H,18,19,20). The lowest BCUT2D eigenvalue weighted by molar-refractivity contribution is 0.102. The normalized spacial score (nSPS) is 10.6. The quantitative estimate of drug-likeness (QED) is 0.788. The first-order valence-electron chi connectivity index (χ1n) is 7.05. The van der Waals surface area contributed by atoms with E-state index in [0.29, 0.717) is 16.4 Å². The summed E-state index contributed by atoms with van der Waals surface area (Å²) in [6.45, 7) is 2.10. The van der Waals surface area contributed by atoms with Crippen molar-refractivity contribution in [3.05, 3.63) is 53.6 Å². The summed E-state index contributed by atoms with van der Waals surface area (Å²) in [5.74, 6) is 0.473. The van der Waals surface area contributed by atoms with Gasteiger partial charge in [0.2, 0.25) is 0 Å². The number of methoxy groups -OCH3 is 1. The number of benzene rings is 2. The van der Waals surface area contributed by atoms with E-state index in [1.165, 1.54) is 16.9 Å². The highest BCUT2D eigenvalue weighted by molar-refractivity contribution is 7.22. The van der Waals surface area contributed by atoms with E-state index >= 15 is 0 Å². The molecule has 4 nitrogen and oxygen atoms in total. The lowest BCUT2D eigenvalue weighted by Crippen LogP contribution is -2.11. The molecule has 1 N–H and O–H groups in total. The van der Waals surface area contributed by atoms with E-state index in [9.17, 15) is 4.79 Å². The number of carbonyl (C=O) groups excluding carboxylic acids is 1. The van der Waals surface area contributed by atoms with Crippen LogP contribution in [-0.4, -0.2) is 18.0 Å². The molecule has 0 aliphatic rings. The van der Waals surface area contributed by atoms with Gasteiger partial charge in [0, 0.05) is 5.56 Å². The Balaban J connectivity index is 1.87. The van der Waals surface area contributed by atoms with Crippen LogP contribution in [-0.2, 0) is 6.42 Å². The van der Waals surface area contributed by atoms with Gasteiger partial charge in [-0.1, -0.05) is 36.5 Å². The minimum Gasteiger partial charge on any atom is -0.497 e. The molecule has 2 aromatic carbocycles. The average Bonchev–Trinajstić information content (AvgIpc) is 2.97. The number of hydrogen-bond acceptors (Lipinski definition) is 4. The third-order valence-electron chi connectivity index (χ3n) is 3.44. The number of ether oxygens (including phenoxy) is 1. The van der Waals surface area contributed by atoms with Gasteiger partial charge in [-0.2, -0.15) is 0 Å². The van der Waals surface area contributed by atoms with Crippen molar-refractivity contribution >= 4 is 32.6 Å². The Hall–Kier alpha value is -2.40. The zero-order valence-electron chi connectivity index (χ0n) is 12.4. The fraction of sp³-hybridized carbons (Fsp3) is 0.176. The highest BCUT2D eigenvalue weighted by Crippen LogP contribution is 2.29. The Bertz CT molecular complexity index is 826. The fourth-order valence-electron chi connectivity index (χ4n) is 2.28. The van der Waals surface area contributed by atoms with E-state index in [4.69, 9.17) is 4.74 Å². The summed E-state index contributed by atoms with van der Waals surface area (Å²) in [7, 11) is 1.58. The first kappa shape index (κ1) is 14.5. The summed E-state index contributed by atoms with van der Waals surface area (Å²) in [4.78, 5) is 16.9. The number of nitrogens with one attached hydrogen (secondary N) is 1. The summed E-state index contributed by atoms with van der Waals surface area (Å²) in [6.07, 6.45) is 0.921. The maximum atomic E-state index is 12.3. The third kappa shape index (κ3) is 2.80. The smallest absolute Gasteiger partial charge is 0.257 e. The summed E-state index contributed by atoms with van der Waals surface area (Å²) in [5, 5.41) is 3.48. The molecule has 1 heterocycles. The van der Waals surface area contributed by atoms with Crippen LogP contribution in [0.3, 0.4) is 0 Å². The molecule has 0 aliphatic carbocycles. The molecule has 0 unspecified atom stereocenters. The van der Waals surface area contributed by atoms with Gasteiger partial charge in [-0.15, -0.1) is 0 Å². The predicted molar refractivity (Wildman–Crippen MR) is 89.9 cm³/mol. The number of hydrogen-bond donors (Lipinski definition) is 1. The van der Waals surface area contributed by atoms with Crippen LogP contribution in [0.2, 0.25) is 0 Å². The molecule has 112 valence electrons. The summed E-state index contributed by atoms with van der Waals surface area (Å²) >= 11 is 1.49. The second kappa shape index (κ2) is 6.15. The van der Waals surface area contributed by atoms with E-state index in [2.05, 4.69) is 23.3 Å². The number of anilines is 1. The number of thiazole rings is 1. The van der Waals surface area contributed by atoms with Crippen LogP contribution in [0.4, 0.5) is 5.13 Å². The van der Waals surface area contributed by atoms with Crippen molar-refractivity contribution in [3.63, 3.8) is 0 Å². The van der Waals surface area contributed by atoms with Gasteiger partial charge in [-0.25, -0.2) is 4.98 Å². The zero-order chi connectivity index (χ0) is 15.5. The molecular weight excluding hydrogens is 296 g/mol. The fourth-order valence-corrected chi connectivity index (χ4v) is 3.19. The number of aromatic nitrogens is 1. The monoisotopic (exact) mass is 312 g/mol. The zero-order valence-corrected chi connectivity index (χ0v) is 13.2. The highest BCUT2D eigenvalue weighted by atomic mass is 32.1. The molecule has 0 atom stereocenters. The van der Waals surface area contributed by atoms with E-state index in [0.717, 1.165) is 16.6 Å². The van der Waals surface area contributed by atoms with Crippen LogP contribution in [0, 0.1) is 0 Å². The molecule has 5 heteroatoms. The van der Waals surface area contributed by atoms with Gasteiger partial charge >= 0.3 is 0 Å². The maximum Gasteiger partial charge on any atom is 0.257 e. The maximum absolute atomic E-state index is 12.3. The van der Waals surface area contributed by atoms with Gasteiger partial charge in [0.25, 0.3) is 5.91 Å². The molecule has 0 spiro atoms. The van der Waals surface area contributed by atoms with E-state index in [-0.39, 0.29) is 5.91 Å². The van der Waals surface area contributed by atoms with Crippen molar-refractivity contribution in [2.45, 2.75) is 13.3 Å². The molecule has 3 rings (SSSR count). The van der Waals surface area contributed by atoms with Crippen LogP contribution < -0.4 is 10.1 Å². The van der Waals surface area contributed by atoms with E-state index < -0.39 is 0 Å². The number of rotatable bonds is 4. The third-order valence-corrected chi connectivity index (χ3v) is 4.37. The van der Waals surface area contributed by atoms with Crippen LogP contribution in [0.1, 0.15) is 22.8 Å². The van der Waals surface area contributed by atoms with Gasteiger partial charge in [-0.3, -0.25) is 10.1 Å². The molecular formula is C17H16N2O2S. The average molecular weight is 312 g/mol. The first-order chi connectivity index (χ1) is 10.7. The Labute approximate surface area is 132 Å². The Kier molecular flexibility index (Phi) is 4.06. The topological polar surface area (TPSA) is 51.2 Å². The van der Waals surface area contributed by atoms with Gasteiger partial charge < -0.3 is 4.74 Å². The highest BCUT2D eigenvalue weighted by Gasteiger charge is 2.12. The molecule has 1 amide bonds. The van der Waals surface area contributed by atoms with Crippen molar-refractivity contribution in [2.75, 3.05) is 12.4 Å². The van der Waals surface area contributed by atoms with Crippen LogP contribution in [0.15, 0.2) is 42.5 Å². The Morgan fingerprint density at radius 1 is 1.27 bits per heavy atom. The molecule has 0 bridgehead atoms. The molecule has 0 fully saturated rings. The van der Waals surface area contributed by atoms with Crippen LogP contribution in [0.5, 0.6) is 5.75 Å². The number of carbonyl (C=O) groups is 1. The lowest BCUT2D eigenvalue weighted by atomic mass is 10.1. The minimum atomic E-state index is -0.184. The number of nitrogens with zero attached hydrogens (tertiary/aromatic N) is 1. The molecule has 0 radical (unpaired) electrons. The Morgan fingerprint density at radius 3 is 2.86 bits per heavy atom. The molecule has 0 saturated carbocycles. The SMILES string of the molecule is CCc1cccc2sc(NC(=O)c3cccc(OC)c3)nc12. The Morgan fingerprint density at radius 2 is 2.09 bits per heavy atom. The van der Waals surface area contributed by atoms with E-state index in [1.807, 2.05) is 18.2 Å². The van der Waals surface area contributed by atoms with Crippen molar-refractivity contribution in [1.82, 2.24) is 4.98 Å². The number of fused-ring (bicyclic) bond motifs is 1. The number of aryl methyl sites for hydroxylation is 1. The second-order valence-corrected chi connectivity index (χ2v) is 5.85. The number of amides is 1. The number of para-hydroxylation sites is 1. The van der Waals surface area contributed by atoms with Gasteiger partial charge in [-0.05, 0) is 36.2 Å². The van der Waals surface area contributed by atoms with Gasteiger partial charge in [0.1, 0.15) is 5.75 Å². The minimum absolute atomic E-state index is 0.184. The summed E-state index contributed by atoms with van der Waals surface area (Å²) < 4.78 is 6.22.